The molecule has 1 saturated heterocycles. The van der Waals surface area contributed by atoms with Gasteiger partial charge in [-0.2, -0.15) is 5.48 Å². The van der Waals surface area contributed by atoms with Crippen LogP contribution in [0, 0.1) is 11.7 Å². The zero-order valence-electron chi connectivity index (χ0n) is 20.4. The molecule has 2 amide bonds. The topological polar surface area (TPSA) is 109 Å². The van der Waals surface area contributed by atoms with Crippen LogP contribution in [0.15, 0.2) is 18.2 Å². The van der Waals surface area contributed by atoms with Crippen LogP contribution in [0.25, 0.3) is 0 Å². The lowest BCUT2D eigenvalue weighted by Crippen LogP contribution is -2.70. The van der Waals surface area contributed by atoms with Crippen molar-refractivity contribution in [1.29, 1.82) is 0 Å². The minimum absolute atomic E-state index is 0.0198. The summed E-state index contributed by atoms with van der Waals surface area (Å²) in [5, 5.41) is 17.1. The van der Waals surface area contributed by atoms with Gasteiger partial charge < -0.3 is 20.5 Å². The molecule has 8 nitrogen and oxygen atoms in total. The van der Waals surface area contributed by atoms with E-state index in [1.54, 1.807) is 0 Å². The third-order valence-electron chi connectivity index (χ3n) is 8.70. The average Bonchev–Trinajstić information content (AvgIpc) is 3.37. The number of halogens is 2. The van der Waals surface area contributed by atoms with E-state index in [4.69, 9.17) is 21.2 Å². The molecular formula is C26H35ClFN3O5. The molecule has 1 aromatic rings. The molecule has 1 aliphatic heterocycles. The molecule has 5 fully saturated rings. The highest BCUT2D eigenvalue weighted by Gasteiger charge is 2.56. The molecule has 6 rings (SSSR count). The van der Waals surface area contributed by atoms with Gasteiger partial charge in [0.25, 0.3) is 11.8 Å². The first kappa shape index (κ1) is 25.7. The number of amides is 2. The highest BCUT2D eigenvalue weighted by Crippen LogP contribution is 2.47. The number of aliphatic hydroxyl groups is 1. The number of carbonyl (C=O) groups excluding carboxylic acids is 2. The number of hydrogen-bond donors (Lipinski definition) is 4. The Hall–Kier alpha value is -1.94. The smallest absolute Gasteiger partial charge is 0.258 e. The summed E-state index contributed by atoms with van der Waals surface area (Å²) in [5.74, 6) is -0.372. The Labute approximate surface area is 215 Å². The number of benzene rings is 1. The maximum atomic E-state index is 13.6. The van der Waals surface area contributed by atoms with Gasteiger partial charge in [0, 0.05) is 24.1 Å². The molecule has 3 atom stereocenters. The Morgan fingerprint density at radius 2 is 1.92 bits per heavy atom. The number of hydrogen-bond acceptors (Lipinski definition) is 6. The number of aliphatic hydroxyl groups excluding tert-OH is 1. The normalized spacial score (nSPS) is 34.4. The molecule has 4 saturated carbocycles. The Morgan fingerprint density at radius 3 is 2.61 bits per heavy atom. The minimum Gasteiger partial charge on any atom is -0.484 e. The molecule has 0 aromatic heterocycles. The van der Waals surface area contributed by atoms with Crippen LogP contribution in [0.4, 0.5) is 4.39 Å². The SMILES string of the molecule is O=C(COc1ccc(Cl)c(F)c1)NC12CCC(NC(=O)C3CC(C4CCCCC4)NO3)(CC1)CC2O. The summed E-state index contributed by atoms with van der Waals surface area (Å²) in [6, 6.07) is 4.20. The van der Waals surface area contributed by atoms with Gasteiger partial charge in [-0.05, 0) is 63.0 Å². The van der Waals surface area contributed by atoms with Crippen molar-refractivity contribution in [3.05, 3.63) is 29.0 Å². The van der Waals surface area contributed by atoms with E-state index in [0.717, 1.165) is 6.07 Å². The van der Waals surface area contributed by atoms with Crippen LogP contribution in [0.2, 0.25) is 5.02 Å². The molecule has 0 spiro atoms. The Balaban J connectivity index is 1.11. The first-order chi connectivity index (χ1) is 17.3. The number of ether oxygens (including phenoxy) is 1. The van der Waals surface area contributed by atoms with E-state index in [1.165, 1.54) is 44.2 Å². The predicted octanol–water partition coefficient (Wildman–Crippen LogP) is 3.15. The van der Waals surface area contributed by atoms with Crippen LogP contribution in [-0.4, -0.2) is 52.9 Å². The van der Waals surface area contributed by atoms with Crippen molar-refractivity contribution in [3.8, 4) is 5.75 Å². The summed E-state index contributed by atoms with van der Waals surface area (Å²) in [4.78, 5) is 31.3. The monoisotopic (exact) mass is 523 g/mol. The lowest BCUT2D eigenvalue weighted by atomic mass is 9.59. The summed E-state index contributed by atoms with van der Waals surface area (Å²) in [6.45, 7) is -0.300. The molecule has 4 aliphatic carbocycles. The van der Waals surface area contributed by atoms with E-state index in [1.807, 2.05) is 0 Å². The lowest BCUT2D eigenvalue weighted by molar-refractivity contribution is -0.142. The van der Waals surface area contributed by atoms with Crippen molar-refractivity contribution in [2.24, 2.45) is 5.92 Å². The lowest BCUT2D eigenvalue weighted by Gasteiger charge is -2.56. The highest BCUT2D eigenvalue weighted by molar-refractivity contribution is 6.30. The number of nitrogens with one attached hydrogen (secondary N) is 3. The van der Waals surface area contributed by atoms with Gasteiger partial charge in [-0.15, -0.1) is 0 Å². The molecule has 4 N–H and O–H groups in total. The van der Waals surface area contributed by atoms with Gasteiger partial charge in [0.2, 0.25) is 0 Å². The zero-order chi connectivity index (χ0) is 25.3. The summed E-state index contributed by atoms with van der Waals surface area (Å²) in [5.41, 5.74) is 1.86. The molecular weight excluding hydrogens is 489 g/mol. The van der Waals surface area contributed by atoms with Gasteiger partial charge in [0.05, 0.1) is 16.7 Å². The number of hydroxylamine groups is 1. The molecule has 5 aliphatic rings. The fourth-order valence-electron chi connectivity index (χ4n) is 6.52. The molecule has 36 heavy (non-hydrogen) atoms. The van der Waals surface area contributed by atoms with Crippen LogP contribution in [0.5, 0.6) is 5.75 Å². The summed E-state index contributed by atoms with van der Waals surface area (Å²) in [6.07, 6.45) is 8.27. The van der Waals surface area contributed by atoms with E-state index >= 15 is 0 Å². The maximum Gasteiger partial charge on any atom is 0.258 e. The van der Waals surface area contributed by atoms with E-state index < -0.39 is 29.1 Å². The molecule has 1 aromatic carbocycles. The fourth-order valence-corrected chi connectivity index (χ4v) is 6.63. The van der Waals surface area contributed by atoms with Crippen molar-refractivity contribution in [1.82, 2.24) is 16.1 Å². The van der Waals surface area contributed by atoms with Crippen LogP contribution < -0.4 is 20.9 Å². The molecule has 2 bridgehead atoms. The van der Waals surface area contributed by atoms with Crippen LogP contribution in [0.1, 0.15) is 70.6 Å². The van der Waals surface area contributed by atoms with Crippen molar-refractivity contribution in [2.45, 2.75) is 100.0 Å². The third-order valence-corrected chi connectivity index (χ3v) is 9.01. The number of rotatable bonds is 7. The Bertz CT molecular complexity index is 980. The predicted molar refractivity (Wildman–Crippen MR) is 131 cm³/mol. The fraction of sp³-hybridized carbons (Fsp3) is 0.692. The van der Waals surface area contributed by atoms with Crippen molar-refractivity contribution < 1.29 is 28.7 Å². The van der Waals surface area contributed by atoms with E-state index in [-0.39, 0.29) is 35.2 Å². The van der Waals surface area contributed by atoms with E-state index in [9.17, 15) is 19.1 Å². The first-order valence-corrected chi connectivity index (χ1v) is 13.5. The highest BCUT2D eigenvalue weighted by atomic mass is 35.5. The molecule has 10 heteroatoms. The standard InChI is InChI=1S/C26H35ClFN3O5/c27-18-7-6-17(12-19(18)28)35-15-23(33)29-26-10-8-25(9-11-26,14-22(26)32)30-24(34)21-13-20(31-36-21)16-4-2-1-3-5-16/h6-7,12,16,20-22,31-32H,1-5,8-11,13-15H2,(H,29,33)(H,30,34). The molecule has 0 radical (unpaired) electrons. The van der Waals surface area contributed by atoms with Gasteiger partial charge in [-0.1, -0.05) is 30.9 Å². The minimum atomic E-state index is -0.796. The van der Waals surface area contributed by atoms with Gasteiger partial charge >= 0.3 is 0 Å². The van der Waals surface area contributed by atoms with Crippen molar-refractivity contribution in [3.63, 3.8) is 0 Å². The average molecular weight is 524 g/mol. The number of carbonyl (C=O) groups is 2. The number of fused-ring (bicyclic) bond motifs is 3. The molecule has 198 valence electrons. The summed E-state index contributed by atoms with van der Waals surface area (Å²) >= 11 is 5.67. The zero-order valence-corrected chi connectivity index (χ0v) is 21.1. The quantitative estimate of drug-likeness (QED) is 0.437. The maximum absolute atomic E-state index is 13.6. The second-order valence-electron chi connectivity index (χ2n) is 11.0. The van der Waals surface area contributed by atoms with Gasteiger partial charge in [-0.25, -0.2) is 4.39 Å². The van der Waals surface area contributed by atoms with Gasteiger partial charge in [0.15, 0.2) is 12.7 Å². The summed E-state index contributed by atoms with van der Waals surface area (Å²) < 4.78 is 19.0. The Kier molecular flexibility index (Phi) is 7.45. The van der Waals surface area contributed by atoms with E-state index in [0.29, 0.717) is 44.4 Å². The van der Waals surface area contributed by atoms with Crippen molar-refractivity contribution in [2.75, 3.05) is 6.61 Å². The van der Waals surface area contributed by atoms with Crippen molar-refractivity contribution >= 4 is 23.4 Å². The Morgan fingerprint density at radius 1 is 1.17 bits per heavy atom. The molecule has 3 unspecified atom stereocenters. The van der Waals surface area contributed by atoms with Crippen LogP contribution >= 0.6 is 11.6 Å². The van der Waals surface area contributed by atoms with E-state index in [2.05, 4.69) is 16.1 Å². The largest absolute Gasteiger partial charge is 0.484 e. The van der Waals surface area contributed by atoms with Gasteiger partial charge in [-0.3, -0.25) is 14.4 Å². The second kappa shape index (κ2) is 10.4. The van der Waals surface area contributed by atoms with Crippen LogP contribution in [-0.2, 0) is 14.4 Å². The molecule has 1 heterocycles. The first-order valence-electron chi connectivity index (χ1n) is 13.1. The third kappa shape index (κ3) is 5.35. The van der Waals surface area contributed by atoms with Crippen LogP contribution in [0.3, 0.4) is 0 Å². The second-order valence-corrected chi connectivity index (χ2v) is 11.4. The summed E-state index contributed by atoms with van der Waals surface area (Å²) in [7, 11) is 0. The van der Waals surface area contributed by atoms with Gasteiger partial charge in [0.1, 0.15) is 11.6 Å².